The number of aromatic nitrogens is 6. The predicted octanol–water partition coefficient (Wildman–Crippen LogP) is 0.805. The van der Waals surface area contributed by atoms with Crippen molar-refractivity contribution in [1.29, 1.82) is 0 Å². The Morgan fingerprint density at radius 2 is 1.60 bits per heavy atom. The highest BCUT2D eigenvalue weighted by molar-refractivity contribution is 5.37. The second kappa shape index (κ2) is 5.81. The molecule has 0 aliphatic carbocycles. The molecule has 1 fully saturated rings. The molecule has 0 aromatic carbocycles. The lowest BCUT2D eigenvalue weighted by molar-refractivity contribution is 0.549. The Balaban J connectivity index is 1.88. The standard InChI is InChI=1S/C12H18N8/c13-10-16-11(19-6-4-2-1-3-5-7-19)18-12(17-10)20-9-14-8-15-20/h8-9H,1-7H2,(H2,13,16,17,18). The van der Waals surface area contributed by atoms with Crippen LogP contribution in [0.1, 0.15) is 32.1 Å². The van der Waals surface area contributed by atoms with E-state index in [-0.39, 0.29) is 5.95 Å². The average molecular weight is 274 g/mol. The fourth-order valence-corrected chi connectivity index (χ4v) is 2.37. The maximum absolute atomic E-state index is 5.79. The van der Waals surface area contributed by atoms with Crippen LogP contribution in [-0.2, 0) is 0 Å². The number of hydrogen-bond donors (Lipinski definition) is 1. The molecule has 2 N–H and O–H groups in total. The molecule has 0 radical (unpaired) electrons. The highest BCUT2D eigenvalue weighted by atomic mass is 15.4. The van der Waals surface area contributed by atoms with Gasteiger partial charge in [-0.05, 0) is 12.8 Å². The van der Waals surface area contributed by atoms with Gasteiger partial charge in [0.05, 0.1) is 0 Å². The minimum atomic E-state index is 0.211. The van der Waals surface area contributed by atoms with Crippen LogP contribution in [0, 0.1) is 0 Å². The maximum atomic E-state index is 5.79. The van der Waals surface area contributed by atoms with Gasteiger partial charge in [0.25, 0.3) is 5.95 Å². The molecule has 0 amide bonds. The third-order valence-corrected chi connectivity index (χ3v) is 3.39. The lowest BCUT2D eigenvalue weighted by atomic mass is 10.1. The number of nitrogens with two attached hydrogens (primary N) is 1. The first kappa shape index (κ1) is 12.8. The summed E-state index contributed by atoms with van der Waals surface area (Å²) in [5.41, 5.74) is 5.79. The molecule has 20 heavy (non-hydrogen) atoms. The molecule has 8 heteroatoms. The van der Waals surface area contributed by atoms with Crippen LogP contribution in [0.15, 0.2) is 12.7 Å². The number of hydrogen-bond acceptors (Lipinski definition) is 7. The van der Waals surface area contributed by atoms with Crippen molar-refractivity contribution in [3.05, 3.63) is 12.7 Å². The lowest BCUT2D eigenvalue weighted by Crippen LogP contribution is -2.29. The summed E-state index contributed by atoms with van der Waals surface area (Å²) in [7, 11) is 0. The van der Waals surface area contributed by atoms with Crippen LogP contribution in [0.25, 0.3) is 5.95 Å². The summed E-state index contributed by atoms with van der Waals surface area (Å²) in [4.78, 5) is 18.9. The van der Waals surface area contributed by atoms with Crippen LogP contribution < -0.4 is 10.6 Å². The summed E-state index contributed by atoms with van der Waals surface area (Å²) < 4.78 is 1.49. The van der Waals surface area contributed by atoms with Gasteiger partial charge in [0.2, 0.25) is 11.9 Å². The van der Waals surface area contributed by atoms with Crippen LogP contribution >= 0.6 is 0 Å². The normalized spacial score (nSPS) is 16.7. The van der Waals surface area contributed by atoms with E-state index in [2.05, 4.69) is 29.9 Å². The predicted molar refractivity (Wildman–Crippen MR) is 74.5 cm³/mol. The molecule has 0 atom stereocenters. The first-order valence-electron chi connectivity index (χ1n) is 6.94. The van der Waals surface area contributed by atoms with E-state index in [9.17, 15) is 0 Å². The molecule has 2 aromatic heterocycles. The summed E-state index contributed by atoms with van der Waals surface area (Å²) in [5, 5.41) is 4.03. The van der Waals surface area contributed by atoms with E-state index in [4.69, 9.17) is 5.73 Å². The second-order valence-electron chi connectivity index (χ2n) is 4.89. The summed E-state index contributed by atoms with van der Waals surface area (Å²) >= 11 is 0. The Hall–Kier alpha value is -2.25. The minimum absolute atomic E-state index is 0.211. The third kappa shape index (κ3) is 2.84. The van der Waals surface area contributed by atoms with Crippen molar-refractivity contribution in [2.45, 2.75) is 32.1 Å². The highest BCUT2D eigenvalue weighted by Gasteiger charge is 2.15. The van der Waals surface area contributed by atoms with E-state index in [1.165, 1.54) is 30.3 Å². The molecule has 106 valence electrons. The van der Waals surface area contributed by atoms with Gasteiger partial charge in [0.1, 0.15) is 12.7 Å². The monoisotopic (exact) mass is 274 g/mol. The van der Waals surface area contributed by atoms with Crippen LogP contribution in [-0.4, -0.2) is 42.8 Å². The first-order valence-corrected chi connectivity index (χ1v) is 6.94. The van der Waals surface area contributed by atoms with Gasteiger partial charge >= 0.3 is 0 Å². The second-order valence-corrected chi connectivity index (χ2v) is 4.89. The molecule has 0 unspecified atom stereocenters. The van der Waals surface area contributed by atoms with Crippen molar-refractivity contribution in [1.82, 2.24) is 29.7 Å². The summed E-state index contributed by atoms with van der Waals surface area (Å²) in [6.45, 7) is 1.92. The molecule has 1 saturated heterocycles. The smallest absolute Gasteiger partial charge is 0.258 e. The Bertz CT molecular complexity index is 545. The van der Waals surface area contributed by atoms with E-state index in [0.717, 1.165) is 25.9 Å². The Labute approximate surface area is 117 Å². The fourth-order valence-electron chi connectivity index (χ4n) is 2.37. The van der Waals surface area contributed by atoms with Crippen LogP contribution in [0.2, 0.25) is 0 Å². The van der Waals surface area contributed by atoms with Crippen LogP contribution in [0.4, 0.5) is 11.9 Å². The van der Waals surface area contributed by atoms with Crippen molar-refractivity contribution in [3.63, 3.8) is 0 Å². The number of nitrogens with zero attached hydrogens (tertiary/aromatic N) is 7. The van der Waals surface area contributed by atoms with Crippen molar-refractivity contribution in [2.24, 2.45) is 0 Å². The van der Waals surface area contributed by atoms with Crippen molar-refractivity contribution in [2.75, 3.05) is 23.7 Å². The average Bonchev–Trinajstić information content (AvgIpc) is 2.91. The Kier molecular flexibility index (Phi) is 3.71. The van der Waals surface area contributed by atoms with Crippen LogP contribution in [0.5, 0.6) is 0 Å². The minimum Gasteiger partial charge on any atom is -0.368 e. The topological polar surface area (TPSA) is 98.6 Å². The SMILES string of the molecule is Nc1nc(N2CCCCCCC2)nc(-n2cncn2)n1. The summed E-state index contributed by atoms with van der Waals surface area (Å²) in [5.74, 6) is 1.25. The van der Waals surface area contributed by atoms with Gasteiger partial charge in [-0.1, -0.05) is 19.3 Å². The molecule has 0 spiro atoms. The molecular weight excluding hydrogens is 256 g/mol. The quantitative estimate of drug-likeness (QED) is 0.864. The molecule has 2 aromatic rings. The molecule has 8 nitrogen and oxygen atoms in total. The zero-order valence-corrected chi connectivity index (χ0v) is 11.3. The zero-order chi connectivity index (χ0) is 13.8. The first-order chi connectivity index (χ1) is 9.83. The number of anilines is 2. The van der Waals surface area contributed by atoms with Gasteiger partial charge in [-0.2, -0.15) is 24.7 Å². The molecule has 1 aliphatic rings. The number of nitrogen functional groups attached to an aromatic ring is 1. The fraction of sp³-hybridized carbons (Fsp3) is 0.583. The Morgan fingerprint density at radius 3 is 2.30 bits per heavy atom. The third-order valence-electron chi connectivity index (χ3n) is 3.39. The maximum Gasteiger partial charge on any atom is 0.258 e. The van der Waals surface area contributed by atoms with E-state index < -0.39 is 0 Å². The molecule has 1 aliphatic heterocycles. The molecule has 3 heterocycles. The molecule has 3 rings (SSSR count). The Morgan fingerprint density at radius 1 is 0.900 bits per heavy atom. The van der Waals surface area contributed by atoms with Gasteiger partial charge < -0.3 is 10.6 Å². The van der Waals surface area contributed by atoms with Gasteiger partial charge in [0.15, 0.2) is 0 Å². The van der Waals surface area contributed by atoms with E-state index in [0.29, 0.717) is 11.9 Å². The largest absolute Gasteiger partial charge is 0.368 e. The lowest BCUT2D eigenvalue weighted by Gasteiger charge is -2.24. The molecular formula is C12H18N8. The summed E-state index contributed by atoms with van der Waals surface area (Å²) in [6, 6.07) is 0. The van der Waals surface area contributed by atoms with E-state index in [1.54, 1.807) is 6.33 Å². The summed E-state index contributed by atoms with van der Waals surface area (Å²) in [6.07, 6.45) is 9.13. The van der Waals surface area contributed by atoms with Gasteiger partial charge in [-0.15, -0.1) is 0 Å². The van der Waals surface area contributed by atoms with Crippen molar-refractivity contribution < 1.29 is 0 Å². The highest BCUT2D eigenvalue weighted by Crippen LogP contribution is 2.16. The molecule has 0 bridgehead atoms. The van der Waals surface area contributed by atoms with Gasteiger partial charge in [-0.3, -0.25) is 0 Å². The van der Waals surface area contributed by atoms with Gasteiger partial charge in [-0.25, -0.2) is 4.98 Å². The van der Waals surface area contributed by atoms with E-state index >= 15 is 0 Å². The van der Waals surface area contributed by atoms with Crippen molar-refractivity contribution >= 4 is 11.9 Å². The van der Waals surface area contributed by atoms with Crippen molar-refractivity contribution in [3.8, 4) is 5.95 Å². The van der Waals surface area contributed by atoms with E-state index in [1.807, 2.05) is 0 Å². The molecule has 0 saturated carbocycles. The van der Waals surface area contributed by atoms with Gasteiger partial charge in [0, 0.05) is 13.1 Å². The zero-order valence-electron chi connectivity index (χ0n) is 11.3. The number of rotatable bonds is 2. The van der Waals surface area contributed by atoms with Crippen LogP contribution in [0.3, 0.4) is 0 Å².